The van der Waals surface area contributed by atoms with Crippen LogP contribution < -0.4 is 9.80 Å². The largest absolute Gasteiger partial charge is 0.311 e. The fourth-order valence-corrected chi connectivity index (χ4v) is 10.3. The van der Waals surface area contributed by atoms with Crippen molar-refractivity contribution in [3.8, 4) is 55.6 Å². The summed E-state index contributed by atoms with van der Waals surface area (Å²) in [5, 5.41) is 4.98. The molecule has 0 N–H and O–H groups in total. The molecule has 2 heteroatoms. The zero-order chi connectivity index (χ0) is 47.5. The lowest BCUT2D eigenvalue weighted by molar-refractivity contribution is 1.25. The Morgan fingerprint density at radius 2 is 0.620 bits per heavy atom. The predicted molar refractivity (Wildman–Crippen MR) is 303 cm³/mol. The van der Waals surface area contributed by atoms with Crippen molar-refractivity contribution in [3.63, 3.8) is 0 Å². The van der Waals surface area contributed by atoms with Crippen LogP contribution in [-0.4, -0.2) is 0 Å². The minimum absolute atomic E-state index is 1.08. The van der Waals surface area contributed by atoms with Crippen LogP contribution >= 0.6 is 0 Å². The molecule has 12 aromatic carbocycles. The summed E-state index contributed by atoms with van der Waals surface area (Å²) in [5.41, 5.74) is 19.7. The number of nitrogens with zero attached hydrogens (tertiary/aromatic N) is 2. The molecule has 0 atom stereocenters. The molecule has 71 heavy (non-hydrogen) atoms. The van der Waals surface area contributed by atoms with Gasteiger partial charge in [-0.05, 0) is 162 Å². The third-order valence-corrected chi connectivity index (χ3v) is 13.8. The summed E-state index contributed by atoms with van der Waals surface area (Å²) >= 11 is 0. The van der Waals surface area contributed by atoms with E-state index in [9.17, 15) is 0 Å². The van der Waals surface area contributed by atoms with Gasteiger partial charge in [0.05, 0.1) is 0 Å². The van der Waals surface area contributed by atoms with E-state index in [0.717, 1.165) is 50.8 Å². The normalized spacial score (nSPS) is 11.2. The zero-order valence-electron chi connectivity index (χ0n) is 39.5. The van der Waals surface area contributed by atoms with Crippen molar-refractivity contribution < 1.29 is 0 Å². The fourth-order valence-electron chi connectivity index (χ4n) is 10.3. The van der Waals surface area contributed by atoms with Crippen molar-refractivity contribution in [2.45, 2.75) is 6.92 Å². The van der Waals surface area contributed by atoms with E-state index in [1.165, 1.54) is 66.1 Å². The summed E-state index contributed by atoms with van der Waals surface area (Å²) in [5.74, 6) is 0. The summed E-state index contributed by atoms with van der Waals surface area (Å²) in [6.07, 6.45) is 0. The molecule has 0 saturated carbocycles. The molecule has 0 amide bonds. The van der Waals surface area contributed by atoms with Crippen molar-refractivity contribution in [2.24, 2.45) is 0 Å². The van der Waals surface area contributed by atoms with E-state index < -0.39 is 0 Å². The summed E-state index contributed by atoms with van der Waals surface area (Å²) in [6, 6.07) is 103. The lowest BCUT2D eigenvalue weighted by atomic mass is 9.93. The molecule has 2 nitrogen and oxygen atoms in total. The van der Waals surface area contributed by atoms with Gasteiger partial charge in [-0.1, -0.05) is 212 Å². The average molecular weight is 907 g/mol. The molecule has 0 radical (unpaired) electrons. The maximum Gasteiger partial charge on any atom is 0.0491 e. The van der Waals surface area contributed by atoms with Gasteiger partial charge in [0.15, 0.2) is 0 Å². The standard InChI is InChI=1S/C69H50N2/c1-49-47-57(66-30-16-24-53-22-12-14-28-64(53)66)37-46-69(49)71(61-42-35-55(36-43-61)65-29-15-23-52-21-11-13-27-63(52)65)62-44-45-67(68(48-62)54-19-7-3-8-20-54)56-33-40-60(41-34-56)70(58-25-9-4-10-26-58)59-38-31-51(32-39-59)50-17-5-2-6-18-50/h2-48H,1H3. The first-order valence-electron chi connectivity index (χ1n) is 24.4. The van der Waals surface area contributed by atoms with Gasteiger partial charge in [0, 0.05) is 34.1 Å². The van der Waals surface area contributed by atoms with Gasteiger partial charge in [0.25, 0.3) is 0 Å². The van der Waals surface area contributed by atoms with Gasteiger partial charge in [0.2, 0.25) is 0 Å². The maximum absolute atomic E-state index is 2.43. The summed E-state index contributed by atoms with van der Waals surface area (Å²) in [6.45, 7) is 2.24. The van der Waals surface area contributed by atoms with Crippen LogP contribution in [0.25, 0.3) is 77.2 Å². The van der Waals surface area contributed by atoms with E-state index >= 15 is 0 Å². The highest BCUT2D eigenvalue weighted by atomic mass is 15.1. The number of hydrogen-bond donors (Lipinski definition) is 0. The van der Waals surface area contributed by atoms with Crippen LogP contribution in [0.15, 0.2) is 285 Å². The lowest BCUT2D eigenvalue weighted by Gasteiger charge is -2.29. The highest BCUT2D eigenvalue weighted by Crippen LogP contribution is 2.45. The molecule has 0 aromatic heterocycles. The van der Waals surface area contributed by atoms with Crippen molar-refractivity contribution in [3.05, 3.63) is 291 Å². The second-order valence-corrected chi connectivity index (χ2v) is 18.2. The van der Waals surface area contributed by atoms with E-state index in [1.807, 2.05) is 0 Å². The van der Waals surface area contributed by atoms with Gasteiger partial charge < -0.3 is 9.80 Å². The average Bonchev–Trinajstić information content (AvgIpc) is 3.44. The molecule has 0 bridgehead atoms. The van der Waals surface area contributed by atoms with Gasteiger partial charge >= 0.3 is 0 Å². The van der Waals surface area contributed by atoms with Crippen LogP contribution in [0, 0.1) is 6.92 Å². The molecule has 336 valence electrons. The van der Waals surface area contributed by atoms with Crippen molar-refractivity contribution in [1.82, 2.24) is 0 Å². The summed E-state index contributed by atoms with van der Waals surface area (Å²) < 4.78 is 0. The van der Waals surface area contributed by atoms with Gasteiger partial charge in [-0.25, -0.2) is 0 Å². The molecule has 0 aliphatic heterocycles. The molecular formula is C69H50N2. The van der Waals surface area contributed by atoms with Crippen LogP contribution in [0.3, 0.4) is 0 Å². The SMILES string of the molecule is Cc1cc(-c2cccc3ccccc23)ccc1N(c1ccc(-c2cccc3ccccc23)cc1)c1ccc(-c2ccc(N(c3ccccc3)c3ccc(-c4ccccc4)cc3)cc2)c(-c2ccccc2)c1. The van der Waals surface area contributed by atoms with E-state index in [0.29, 0.717) is 0 Å². The second kappa shape index (κ2) is 19.0. The first-order chi connectivity index (χ1) is 35.1. The summed E-state index contributed by atoms with van der Waals surface area (Å²) in [4.78, 5) is 4.76. The van der Waals surface area contributed by atoms with E-state index in [4.69, 9.17) is 0 Å². The molecule has 12 rings (SSSR count). The van der Waals surface area contributed by atoms with E-state index in [2.05, 4.69) is 302 Å². The Morgan fingerprint density at radius 1 is 0.225 bits per heavy atom. The number of rotatable bonds is 11. The molecule has 0 aliphatic rings. The van der Waals surface area contributed by atoms with Gasteiger partial charge in [-0.3, -0.25) is 0 Å². The van der Waals surface area contributed by atoms with Crippen molar-refractivity contribution in [1.29, 1.82) is 0 Å². The van der Waals surface area contributed by atoms with Crippen LogP contribution in [-0.2, 0) is 0 Å². The monoisotopic (exact) mass is 906 g/mol. The number of anilines is 6. The summed E-state index contributed by atoms with van der Waals surface area (Å²) in [7, 11) is 0. The Morgan fingerprint density at radius 3 is 1.20 bits per heavy atom. The number of hydrogen-bond acceptors (Lipinski definition) is 2. The quantitative estimate of drug-likeness (QED) is 0.128. The van der Waals surface area contributed by atoms with Gasteiger partial charge in [-0.2, -0.15) is 0 Å². The van der Waals surface area contributed by atoms with Crippen LogP contribution in [0.1, 0.15) is 5.56 Å². The molecule has 12 aromatic rings. The molecule has 0 spiro atoms. The maximum atomic E-state index is 2.43. The third-order valence-electron chi connectivity index (χ3n) is 13.8. The number of fused-ring (bicyclic) bond motifs is 2. The van der Waals surface area contributed by atoms with Gasteiger partial charge in [0.1, 0.15) is 0 Å². The van der Waals surface area contributed by atoms with E-state index in [1.54, 1.807) is 0 Å². The lowest BCUT2D eigenvalue weighted by Crippen LogP contribution is -2.12. The molecule has 0 heterocycles. The second-order valence-electron chi connectivity index (χ2n) is 18.2. The first-order valence-corrected chi connectivity index (χ1v) is 24.4. The molecule has 0 aliphatic carbocycles. The zero-order valence-corrected chi connectivity index (χ0v) is 39.5. The van der Waals surface area contributed by atoms with Crippen LogP contribution in [0.2, 0.25) is 0 Å². The topological polar surface area (TPSA) is 6.48 Å². The first kappa shape index (κ1) is 43.1. The third kappa shape index (κ3) is 8.54. The Labute approximate surface area is 416 Å². The Balaban J connectivity index is 0.959. The fraction of sp³-hybridized carbons (Fsp3) is 0.0145. The van der Waals surface area contributed by atoms with Crippen molar-refractivity contribution in [2.75, 3.05) is 9.80 Å². The molecular weight excluding hydrogens is 857 g/mol. The van der Waals surface area contributed by atoms with E-state index in [-0.39, 0.29) is 0 Å². The molecule has 0 unspecified atom stereocenters. The Hall–Kier alpha value is -9.24. The Bertz CT molecular complexity index is 3780. The minimum Gasteiger partial charge on any atom is -0.311 e. The molecule has 0 saturated heterocycles. The number of benzene rings is 12. The van der Waals surface area contributed by atoms with Gasteiger partial charge in [-0.15, -0.1) is 0 Å². The number of para-hydroxylation sites is 1. The highest BCUT2D eigenvalue weighted by Gasteiger charge is 2.20. The predicted octanol–water partition coefficient (Wildman–Crippen LogP) is 19.6. The smallest absolute Gasteiger partial charge is 0.0491 e. The van der Waals surface area contributed by atoms with Crippen LogP contribution in [0.4, 0.5) is 34.1 Å². The van der Waals surface area contributed by atoms with Crippen molar-refractivity contribution >= 4 is 55.7 Å². The molecule has 0 fully saturated rings. The minimum atomic E-state index is 1.08. The van der Waals surface area contributed by atoms with Crippen LogP contribution in [0.5, 0.6) is 0 Å². The number of aryl methyl sites for hydroxylation is 1. The highest BCUT2D eigenvalue weighted by molar-refractivity contribution is 5.99. The Kier molecular flexibility index (Phi) is 11.5.